The molecule has 1 aliphatic heterocycles. The Balaban J connectivity index is 1.92. The van der Waals surface area contributed by atoms with Gasteiger partial charge in [-0.2, -0.15) is 0 Å². The molecule has 1 atom stereocenters. The second kappa shape index (κ2) is 4.46. The lowest BCUT2D eigenvalue weighted by Gasteiger charge is -2.32. The van der Waals surface area contributed by atoms with Crippen molar-refractivity contribution >= 4 is 11.1 Å². The van der Waals surface area contributed by atoms with Crippen LogP contribution in [0.2, 0.25) is 0 Å². The molecule has 3 aromatic rings. The molecular weight excluding hydrogens is 248 g/mol. The van der Waals surface area contributed by atoms with Crippen molar-refractivity contribution in [3.8, 4) is 0 Å². The summed E-state index contributed by atoms with van der Waals surface area (Å²) in [6.45, 7) is 2.02. The van der Waals surface area contributed by atoms with Crippen LogP contribution in [0.1, 0.15) is 22.6 Å². The van der Waals surface area contributed by atoms with Crippen LogP contribution in [0, 0.1) is 0 Å². The average molecular weight is 264 g/mol. The van der Waals surface area contributed by atoms with Crippen molar-refractivity contribution in [3.05, 3.63) is 65.5 Å². The molecule has 0 fully saturated rings. The highest BCUT2D eigenvalue weighted by molar-refractivity contribution is 5.77. The van der Waals surface area contributed by atoms with Crippen molar-refractivity contribution in [1.82, 2.24) is 9.88 Å². The van der Waals surface area contributed by atoms with E-state index >= 15 is 0 Å². The molecule has 4 rings (SSSR count). The Morgan fingerprint density at radius 1 is 1.10 bits per heavy atom. The van der Waals surface area contributed by atoms with Gasteiger partial charge in [0.1, 0.15) is 5.52 Å². The normalized spacial score (nSPS) is 19.1. The van der Waals surface area contributed by atoms with Crippen LogP contribution in [0.5, 0.6) is 0 Å². The van der Waals surface area contributed by atoms with Crippen molar-refractivity contribution in [2.24, 2.45) is 0 Å². The summed E-state index contributed by atoms with van der Waals surface area (Å²) in [5.74, 6) is 0.349. The first kappa shape index (κ1) is 11.7. The summed E-state index contributed by atoms with van der Waals surface area (Å²) >= 11 is 0. The van der Waals surface area contributed by atoms with Gasteiger partial charge < -0.3 is 9.32 Å². The Labute approximate surface area is 117 Å². The largest absolute Gasteiger partial charge is 0.443 e. The molecule has 1 aliphatic rings. The van der Waals surface area contributed by atoms with Gasteiger partial charge in [-0.25, -0.2) is 4.98 Å². The maximum Gasteiger partial charge on any atom is 0.181 e. The number of benzene rings is 2. The SMILES string of the molecule is CN1Cc2ccccc2C(c2cccc3ncoc23)C1. The number of fused-ring (bicyclic) bond motifs is 2. The number of oxazole rings is 1. The van der Waals surface area contributed by atoms with E-state index in [1.165, 1.54) is 23.1 Å². The Morgan fingerprint density at radius 3 is 2.90 bits per heavy atom. The third-order valence-electron chi connectivity index (χ3n) is 4.13. The minimum Gasteiger partial charge on any atom is -0.443 e. The molecule has 0 N–H and O–H groups in total. The number of nitrogens with zero attached hydrogens (tertiary/aromatic N) is 2. The van der Waals surface area contributed by atoms with Crippen LogP contribution in [-0.2, 0) is 6.54 Å². The summed E-state index contributed by atoms with van der Waals surface area (Å²) in [5, 5.41) is 0. The van der Waals surface area contributed by atoms with Crippen molar-refractivity contribution in [2.75, 3.05) is 13.6 Å². The molecule has 2 aromatic carbocycles. The number of likely N-dealkylation sites (N-methyl/N-ethyl adjacent to an activating group) is 1. The van der Waals surface area contributed by atoms with Gasteiger partial charge >= 0.3 is 0 Å². The topological polar surface area (TPSA) is 29.3 Å². The fourth-order valence-corrected chi connectivity index (χ4v) is 3.23. The monoisotopic (exact) mass is 264 g/mol. The highest BCUT2D eigenvalue weighted by Gasteiger charge is 2.26. The standard InChI is InChI=1S/C17H16N2O/c1-19-9-12-5-2-3-6-13(12)15(10-19)14-7-4-8-16-17(14)20-11-18-16/h2-8,11,15H,9-10H2,1H3. The Kier molecular flexibility index (Phi) is 2.60. The van der Waals surface area contributed by atoms with Gasteiger partial charge in [-0.3, -0.25) is 0 Å². The van der Waals surface area contributed by atoms with Crippen LogP contribution in [0.15, 0.2) is 53.3 Å². The summed E-state index contributed by atoms with van der Waals surface area (Å²) in [6, 6.07) is 14.9. The molecule has 3 heteroatoms. The summed E-state index contributed by atoms with van der Waals surface area (Å²) < 4.78 is 5.62. The molecule has 3 nitrogen and oxygen atoms in total. The van der Waals surface area contributed by atoms with Gasteiger partial charge in [0.25, 0.3) is 0 Å². The van der Waals surface area contributed by atoms with Crippen molar-refractivity contribution < 1.29 is 4.42 Å². The Hall–Kier alpha value is -2.13. The zero-order chi connectivity index (χ0) is 13.5. The van der Waals surface area contributed by atoms with Crippen LogP contribution in [0.4, 0.5) is 0 Å². The van der Waals surface area contributed by atoms with Crippen molar-refractivity contribution in [2.45, 2.75) is 12.5 Å². The van der Waals surface area contributed by atoms with E-state index in [0.717, 1.165) is 24.2 Å². The van der Waals surface area contributed by atoms with Gasteiger partial charge in [0.2, 0.25) is 0 Å². The summed E-state index contributed by atoms with van der Waals surface area (Å²) in [6.07, 6.45) is 1.53. The van der Waals surface area contributed by atoms with E-state index < -0.39 is 0 Å². The molecule has 100 valence electrons. The molecule has 1 unspecified atom stereocenters. The van der Waals surface area contributed by atoms with E-state index in [1.54, 1.807) is 0 Å². The van der Waals surface area contributed by atoms with Crippen molar-refractivity contribution in [1.29, 1.82) is 0 Å². The molecule has 0 saturated heterocycles. The van der Waals surface area contributed by atoms with Gasteiger partial charge in [0.05, 0.1) is 0 Å². The predicted molar refractivity (Wildman–Crippen MR) is 78.6 cm³/mol. The average Bonchev–Trinajstić information content (AvgIpc) is 2.94. The van der Waals surface area contributed by atoms with Crippen LogP contribution in [0.25, 0.3) is 11.1 Å². The summed E-state index contributed by atoms with van der Waals surface area (Å²) in [4.78, 5) is 6.63. The summed E-state index contributed by atoms with van der Waals surface area (Å²) in [7, 11) is 2.17. The lowest BCUT2D eigenvalue weighted by Crippen LogP contribution is -2.30. The summed E-state index contributed by atoms with van der Waals surface area (Å²) in [5.41, 5.74) is 5.91. The number of aromatic nitrogens is 1. The fraction of sp³-hybridized carbons (Fsp3) is 0.235. The van der Waals surface area contributed by atoms with Crippen LogP contribution >= 0.6 is 0 Å². The first-order chi connectivity index (χ1) is 9.83. The van der Waals surface area contributed by atoms with Gasteiger partial charge in [-0.05, 0) is 24.2 Å². The Bertz CT molecular complexity index is 762. The maximum absolute atomic E-state index is 5.62. The van der Waals surface area contributed by atoms with E-state index in [4.69, 9.17) is 4.42 Å². The van der Waals surface area contributed by atoms with Gasteiger partial charge in [0.15, 0.2) is 12.0 Å². The number of hydrogen-bond donors (Lipinski definition) is 0. The molecular formula is C17H16N2O. The molecule has 20 heavy (non-hydrogen) atoms. The van der Waals surface area contributed by atoms with Gasteiger partial charge in [0, 0.05) is 24.6 Å². The Morgan fingerprint density at radius 2 is 1.95 bits per heavy atom. The highest BCUT2D eigenvalue weighted by atomic mass is 16.3. The van der Waals surface area contributed by atoms with E-state index in [-0.39, 0.29) is 0 Å². The van der Waals surface area contributed by atoms with E-state index in [1.807, 2.05) is 6.07 Å². The van der Waals surface area contributed by atoms with Gasteiger partial charge in [-0.15, -0.1) is 0 Å². The number of hydrogen-bond acceptors (Lipinski definition) is 3. The van der Waals surface area contributed by atoms with Crippen molar-refractivity contribution in [3.63, 3.8) is 0 Å². The molecule has 0 spiro atoms. The minimum absolute atomic E-state index is 0.349. The lowest BCUT2D eigenvalue weighted by atomic mass is 9.84. The second-order valence-corrected chi connectivity index (χ2v) is 5.50. The first-order valence-corrected chi connectivity index (χ1v) is 6.91. The quantitative estimate of drug-likeness (QED) is 0.674. The minimum atomic E-state index is 0.349. The second-order valence-electron chi connectivity index (χ2n) is 5.50. The molecule has 1 aromatic heterocycles. The first-order valence-electron chi connectivity index (χ1n) is 6.91. The van der Waals surface area contributed by atoms with Gasteiger partial charge in [-0.1, -0.05) is 36.4 Å². The predicted octanol–water partition coefficient (Wildman–Crippen LogP) is 3.41. The third-order valence-corrected chi connectivity index (χ3v) is 4.13. The molecule has 0 radical (unpaired) electrons. The fourth-order valence-electron chi connectivity index (χ4n) is 3.23. The van der Waals surface area contributed by atoms with Crippen LogP contribution in [0.3, 0.4) is 0 Å². The molecule has 2 heterocycles. The molecule has 0 aliphatic carbocycles. The zero-order valence-corrected chi connectivity index (χ0v) is 11.4. The van der Waals surface area contributed by atoms with E-state index in [2.05, 4.69) is 53.3 Å². The lowest BCUT2D eigenvalue weighted by molar-refractivity contribution is 0.295. The number of rotatable bonds is 1. The van der Waals surface area contributed by atoms with Crippen LogP contribution in [-0.4, -0.2) is 23.5 Å². The molecule has 0 amide bonds. The number of para-hydroxylation sites is 1. The highest BCUT2D eigenvalue weighted by Crippen LogP contribution is 2.35. The van der Waals surface area contributed by atoms with Crippen LogP contribution < -0.4 is 0 Å². The molecule has 0 saturated carbocycles. The molecule has 0 bridgehead atoms. The van der Waals surface area contributed by atoms with E-state index in [9.17, 15) is 0 Å². The zero-order valence-electron chi connectivity index (χ0n) is 11.4. The third kappa shape index (κ3) is 1.74. The van der Waals surface area contributed by atoms with E-state index in [0.29, 0.717) is 5.92 Å². The smallest absolute Gasteiger partial charge is 0.181 e. The maximum atomic E-state index is 5.62.